The zero-order valence-electron chi connectivity index (χ0n) is 15.5. The molecule has 4 rings (SSSR count). The van der Waals surface area contributed by atoms with Crippen LogP contribution in [0.5, 0.6) is 0 Å². The molecular weight excluding hydrogens is 340 g/mol. The van der Waals surface area contributed by atoms with Gasteiger partial charge in [0.25, 0.3) is 0 Å². The molecule has 0 saturated heterocycles. The molecule has 1 N–H and O–H groups in total. The Balaban J connectivity index is 1.67. The van der Waals surface area contributed by atoms with E-state index in [1.54, 1.807) is 0 Å². The third-order valence-corrected chi connectivity index (χ3v) is 5.87. The van der Waals surface area contributed by atoms with Crippen LogP contribution in [0.3, 0.4) is 0 Å². The fraction of sp³-hybridized carbons (Fsp3) is 0.391. The van der Waals surface area contributed by atoms with E-state index in [0.717, 1.165) is 24.5 Å². The van der Waals surface area contributed by atoms with Crippen LogP contribution in [-0.2, 0) is 13.0 Å². The molecule has 3 heteroatoms. The summed E-state index contributed by atoms with van der Waals surface area (Å²) in [6.45, 7) is 4.41. The first-order chi connectivity index (χ1) is 12.8. The maximum atomic E-state index is 6.27. The highest BCUT2D eigenvalue weighted by Gasteiger charge is 2.30. The summed E-state index contributed by atoms with van der Waals surface area (Å²) in [6, 6.07) is 17.6. The van der Waals surface area contributed by atoms with Crippen LogP contribution in [0.25, 0.3) is 10.9 Å². The number of fused-ring (bicyclic) bond motifs is 3. The zero-order chi connectivity index (χ0) is 17.9. The molecule has 1 aliphatic rings. The van der Waals surface area contributed by atoms with Crippen LogP contribution in [-0.4, -0.2) is 16.4 Å². The molecule has 1 atom stereocenters. The van der Waals surface area contributed by atoms with Gasteiger partial charge in [-0.3, -0.25) is 4.90 Å². The topological polar surface area (TPSA) is 19.0 Å². The van der Waals surface area contributed by atoms with Gasteiger partial charge in [0.2, 0.25) is 0 Å². The van der Waals surface area contributed by atoms with Gasteiger partial charge in [0, 0.05) is 34.7 Å². The Labute approximate surface area is 161 Å². The average molecular weight is 367 g/mol. The number of nitrogens with one attached hydrogen (secondary N) is 1. The molecule has 1 aliphatic heterocycles. The summed E-state index contributed by atoms with van der Waals surface area (Å²) in [5.41, 5.74) is 5.52. The number of hydrogen-bond donors (Lipinski definition) is 1. The Hall–Kier alpha value is -1.77. The van der Waals surface area contributed by atoms with Crippen LogP contribution >= 0.6 is 11.6 Å². The Morgan fingerprint density at radius 1 is 1.12 bits per heavy atom. The molecule has 2 heterocycles. The van der Waals surface area contributed by atoms with Gasteiger partial charge in [0.1, 0.15) is 0 Å². The Kier molecular flexibility index (Phi) is 5.33. The second kappa shape index (κ2) is 7.85. The van der Waals surface area contributed by atoms with Crippen LogP contribution in [0.2, 0.25) is 5.02 Å². The van der Waals surface area contributed by atoms with E-state index in [2.05, 4.69) is 59.3 Å². The number of hydrogen-bond acceptors (Lipinski definition) is 1. The first-order valence-corrected chi connectivity index (χ1v) is 10.2. The van der Waals surface area contributed by atoms with Crippen molar-refractivity contribution in [2.45, 2.75) is 51.6 Å². The summed E-state index contributed by atoms with van der Waals surface area (Å²) < 4.78 is 0. The van der Waals surface area contributed by atoms with Crippen molar-refractivity contribution in [1.29, 1.82) is 0 Å². The van der Waals surface area contributed by atoms with Gasteiger partial charge in [-0.05, 0) is 42.2 Å². The van der Waals surface area contributed by atoms with E-state index in [4.69, 9.17) is 11.6 Å². The van der Waals surface area contributed by atoms with Gasteiger partial charge in [-0.2, -0.15) is 0 Å². The molecule has 0 bridgehead atoms. The molecule has 0 amide bonds. The number of nitrogens with zero attached hydrogens (tertiary/aromatic N) is 1. The quantitative estimate of drug-likeness (QED) is 0.493. The van der Waals surface area contributed by atoms with Crippen molar-refractivity contribution in [3.63, 3.8) is 0 Å². The first-order valence-electron chi connectivity index (χ1n) is 9.84. The van der Waals surface area contributed by atoms with Gasteiger partial charge in [-0.15, -0.1) is 0 Å². The van der Waals surface area contributed by atoms with Crippen LogP contribution in [0.15, 0.2) is 48.5 Å². The fourth-order valence-electron chi connectivity index (χ4n) is 4.31. The number of unbranched alkanes of at least 4 members (excludes halogenated alkanes) is 2. The monoisotopic (exact) mass is 366 g/mol. The minimum Gasteiger partial charge on any atom is -0.357 e. The molecule has 26 heavy (non-hydrogen) atoms. The maximum absolute atomic E-state index is 6.27. The molecule has 2 aromatic carbocycles. The minimum absolute atomic E-state index is 0.469. The standard InChI is InChI=1S/C23H27ClN2/c1-2-3-5-10-22-23-19(20-15-18(24)11-12-21(20)25-23)13-14-26(22)16-17-8-6-4-7-9-17/h4,6-9,11-12,15,22,25H,2-3,5,10,13-14,16H2,1H3. The van der Waals surface area contributed by atoms with Crippen LogP contribution in [0, 0.1) is 0 Å². The van der Waals surface area contributed by atoms with Crippen molar-refractivity contribution < 1.29 is 0 Å². The largest absolute Gasteiger partial charge is 0.357 e. The van der Waals surface area contributed by atoms with Crippen molar-refractivity contribution in [1.82, 2.24) is 9.88 Å². The first kappa shape index (κ1) is 17.6. The molecule has 136 valence electrons. The van der Waals surface area contributed by atoms with Gasteiger partial charge in [-0.1, -0.05) is 68.1 Å². The molecule has 1 aromatic heterocycles. The van der Waals surface area contributed by atoms with E-state index in [0.29, 0.717) is 6.04 Å². The van der Waals surface area contributed by atoms with Gasteiger partial charge in [0.15, 0.2) is 0 Å². The van der Waals surface area contributed by atoms with E-state index in [-0.39, 0.29) is 0 Å². The van der Waals surface area contributed by atoms with Crippen LogP contribution in [0.1, 0.15) is 55.5 Å². The number of rotatable bonds is 6. The maximum Gasteiger partial charge on any atom is 0.0505 e. The highest BCUT2D eigenvalue weighted by molar-refractivity contribution is 6.31. The molecule has 0 aliphatic carbocycles. The van der Waals surface area contributed by atoms with Gasteiger partial charge < -0.3 is 4.98 Å². The Morgan fingerprint density at radius 3 is 2.77 bits per heavy atom. The molecule has 2 nitrogen and oxygen atoms in total. The molecule has 3 aromatic rings. The minimum atomic E-state index is 0.469. The van der Waals surface area contributed by atoms with Crippen molar-refractivity contribution in [2.24, 2.45) is 0 Å². The van der Waals surface area contributed by atoms with Crippen LogP contribution < -0.4 is 0 Å². The molecule has 1 unspecified atom stereocenters. The van der Waals surface area contributed by atoms with Gasteiger partial charge in [0.05, 0.1) is 6.04 Å². The van der Waals surface area contributed by atoms with E-state index in [1.165, 1.54) is 53.4 Å². The molecule has 0 radical (unpaired) electrons. The van der Waals surface area contributed by atoms with Gasteiger partial charge in [-0.25, -0.2) is 0 Å². The number of H-pyrrole nitrogens is 1. The molecule has 0 fully saturated rings. The van der Waals surface area contributed by atoms with Crippen LogP contribution in [0.4, 0.5) is 0 Å². The lowest BCUT2D eigenvalue weighted by Gasteiger charge is -2.36. The summed E-state index contributed by atoms with van der Waals surface area (Å²) in [5.74, 6) is 0. The van der Waals surface area contributed by atoms with E-state index in [9.17, 15) is 0 Å². The van der Waals surface area contributed by atoms with Gasteiger partial charge >= 0.3 is 0 Å². The smallest absolute Gasteiger partial charge is 0.0505 e. The van der Waals surface area contributed by atoms with E-state index < -0.39 is 0 Å². The predicted octanol–water partition coefficient (Wildman–Crippen LogP) is 6.50. The van der Waals surface area contributed by atoms with E-state index in [1.807, 2.05) is 6.07 Å². The average Bonchev–Trinajstić information content (AvgIpc) is 3.02. The van der Waals surface area contributed by atoms with Crippen molar-refractivity contribution >= 4 is 22.5 Å². The Bertz CT molecular complexity index is 869. The normalized spacial score (nSPS) is 17.5. The number of aromatic nitrogens is 1. The summed E-state index contributed by atoms with van der Waals surface area (Å²) in [4.78, 5) is 6.39. The lowest BCUT2D eigenvalue weighted by Crippen LogP contribution is -2.35. The molecule has 0 saturated carbocycles. The third-order valence-electron chi connectivity index (χ3n) is 5.63. The second-order valence-corrected chi connectivity index (χ2v) is 7.86. The van der Waals surface area contributed by atoms with Crippen molar-refractivity contribution in [3.8, 4) is 0 Å². The second-order valence-electron chi connectivity index (χ2n) is 7.42. The summed E-state index contributed by atoms with van der Waals surface area (Å²) in [6.07, 6.45) is 6.15. The van der Waals surface area contributed by atoms with Crippen molar-refractivity contribution in [3.05, 3.63) is 70.4 Å². The fourth-order valence-corrected chi connectivity index (χ4v) is 4.48. The Morgan fingerprint density at radius 2 is 1.96 bits per heavy atom. The number of halogens is 1. The molecule has 0 spiro atoms. The van der Waals surface area contributed by atoms with Crippen molar-refractivity contribution in [2.75, 3.05) is 6.54 Å². The highest BCUT2D eigenvalue weighted by Crippen LogP contribution is 2.38. The predicted molar refractivity (Wildman–Crippen MR) is 111 cm³/mol. The lowest BCUT2D eigenvalue weighted by molar-refractivity contribution is 0.161. The number of aromatic amines is 1. The van der Waals surface area contributed by atoms with E-state index >= 15 is 0 Å². The lowest BCUT2D eigenvalue weighted by atomic mass is 9.93. The molecular formula is C23H27ClN2. The number of benzene rings is 2. The SMILES string of the molecule is CCCCCC1c2[nH]c3ccc(Cl)cc3c2CCN1Cc1ccccc1. The highest BCUT2D eigenvalue weighted by atomic mass is 35.5. The summed E-state index contributed by atoms with van der Waals surface area (Å²) in [7, 11) is 0. The summed E-state index contributed by atoms with van der Waals surface area (Å²) in [5, 5.41) is 2.14. The summed E-state index contributed by atoms with van der Waals surface area (Å²) >= 11 is 6.27. The third kappa shape index (κ3) is 3.54. The zero-order valence-corrected chi connectivity index (χ0v) is 16.2.